The van der Waals surface area contributed by atoms with Gasteiger partial charge < -0.3 is 5.32 Å². The third kappa shape index (κ3) is 4.19. The highest BCUT2D eigenvalue weighted by Gasteiger charge is 2.25. The summed E-state index contributed by atoms with van der Waals surface area (Å²) in [5.74, 6) is -0.153. The normalized spacial score (nSPS) is 13.2. The van der Waals surface area contributed by atoms with Gasteiger partial charge >= 0.3 is 0 Å². The monoisotopic (exact) mass is 456 g/mol. The summed E-state index contributed by atoms with van der Waals surface area (Å²) >= 11 is 1.56. The van der Waals surface area contributed by atoms with Gasteiger partial charge in [-0.3, -0.25) is 14.7 Å². The maximum Gasteiger partial charge on any atom is 0.280 e. The number of thiophene rings is 1. The maximum atomic E-state index is 13.3. The fraction of sp³-hybridized carbons (Fsp3) is 0.192. The first kappa shape index (κ1) is 21.2. The van der Waals surface area contributed by atoms with Crippen LogP contribution >= 0.6 is 11.3 Å². The second-order valence-corrected chi connectivity index (χ2v) is 9.18. The van der Waals surface area contributed by atoms with Crippen molar-refractivity contribution in [2.24, 2.45) is 4.99 Å². The molecular formula is C26H24N4O2S. The average Bonchev–Trinajstić information content (AvgIpc) is 3.35. The van der Waals surface area contributed by atoms with Crippen LogP contribution in [0.2, 0.25) is 0 Å². The minimum Gasteiger partial charge on any atom is -0.322 e. The fourth-order valence-corrected chi connectivity index (χ4v) is 5.42. The Morgan fingerprint density at radius 1 is 1.06 bits per heavy atom. The Kier molecular flexibility index (Phi) is 5.79. The zero-order chi connectivity index (χ0) is 22.8. The van der Waals surface area contributed by atoms with Crippen molar-refractivity contribution in [3.63, 3.8) is 0 Å². The first-order chi connectivity index (χ1) is 16.1. The number of aliphatic imine (C=N–C) groups is 1. The summed E-state index contributed by atoms with van der Waals surface area (Å²) in [5, 5.41) is 6.78. The molecule has 7 heteroatoms. The Morgan fingerprint density at radius 3 is 2.52 bits per heavy atom. The summed E-state index contributed by atoms with van der Waals surface area (Å²) in [5.41, 5.74) is 4.29. The molecule has 2 heterocycles. The van der Waals surface area contributed by atoms with Crippen LogP contribution in [0.4, 0.5) is 10.7 Å². The van der Waals surface area contributed by atoms with E-state index < -0.39 is 0 Å². The van der Waals surface area contributed by atoms with Crippen molar-refractivity contribution in [3.8, 4) is 5.69 Å². The molecule has 0 aliphatic heterocycles. The van der Waals surface area contributed by atoms with E-state index in [0.29, 0.717) is 16.1 Å². The Balaban J connectivity index is 1.52. The van der Waals surface area contributed by atoms with Crippen LogP contribution in [0.5, 0.6) is 0 Å². The summed E-state index contributed by atoms with van der Waals surface area (Å²) in [4.78, 5) is 32.2. The summed E-state index contributed by atoms with van der Waals surface area (Å²) < 4.78 is 1.51. The highest BCUT2D eigenvalue weighted by molar-refractivity contribution is 7.16. The molecule has 0 saturated heterocycles. The highest BCUT2D eigenvalue weighted by Crippen LogP contribution is 2.40. The second kappa shape index (κ2) is 9.03. The minimum absolute atomic E-state index is 0.153. The number of fused-ring (bicyclic) bond motifs is 1. The molecule has 4 aromatic rings. The van der Waals surface area contributed by atoms with Gasteiger partial charge in [0, 0.05) is 22.5 Å². The van der Waals surface area contributed by atoms with E-state index >= 15 is 0 Å². The summed E-state index contributed by atoms with van der Waals surface area (Å²) in [7, 11) is 0. The SMILES string of the molecule is Cc1[nH]n(-c2ccccc2)c(=O)c1/C=N/c1sc2c(c1C(=O)Nc1ccccc1)CCCC2. The molecule has 1 aliphatic rings. The van der Waals surface area contributed by atoms with Crippen molar-refractivity contribution in [1.82, 2.24) is 9.78 Å². The number of para-hydroxylation sites is 2. The van der Waals surface area contributed by atoms with Crippen LogP contribution in [0.1, 0.15) is 44.9 Å². The average molecular weight is 457 g/mol. The summed E-state index contributed by atoms with van der Waals surface area (Å²) in [6, 6.07) is 18.9. The third-order valence-corrected chi connectivity index (χ3v) is 7.05. The predicted molar refractivity (Wildman–Crippen MR) is 134 cm³/mol. The first-order valence-electron chi connectivity index (χ1n) is 11.0. The Hall–Kier alpha value is -3.71. The standard InChI is InChI=1S/C26H24N4O2S/c1-17-21(26(32)30(29-17)19-12-6-3-7-13-19)16-27-25-23(20-14-8-9-15-22(20)33-25)24(31)28-18-10-4-2-5-11-18/h2-7,10-13,16,29H,8-9,14-15H2,1H3,(H,28,31)/b27-16+. The van der Waals surface area contributed by atoms with Crippen molar-refractivity contribution in [3.05, 3.63) is 98.3 Å². The van der Waals surface area contributed by atoms with Gasteiger partial charge in [-0.05, 0) is 62.4 Å². The van der Waals surface area contributed by atoms with Gasteiger partial charge in [-0.25, -0.2) is 9.67 Å². The Labute approximate surface area is 195 Å². The summed E-state index contributed by atoms with van der Waals surface area (Å²) in [6.45, 7) is 1.85. The van der Waals surface area contributed by atoms with Gasteiger partial charge in [-0.1, -0.05) is 36.4 Å². The van der Waals surface area contributed by atoms with Gasteiger partial charge in [0.25, 0.3) is 11.5 Å². The van der Waals surface area contributed by atoms with E-state index in [1.165, 1.54) is 9.56 Å². The van der Waals surface area contributed by atoms with Gasteiger partial charge in [-0.15, -0.1) is 11.3 Å². The lowest BCUT2D eigenvalue weighted by Crippen LogP contribution is -2.17. The minimum atomic E-state index is -0.168. The molecule has 1 amide bonds. The first-order valence-corrected chi connectivity index (χ1v) is 11.9. The van der Waals surface area contributed by atoms with Crippen molar-refractivity contribution < 1.29 is 4.79 Å². The number of nitrogens with zero attached hydrogens (tertiary/aromatic N) is 2. The molecule has 6 nitrogen and oxygen atoms in total. The Morgan fingerprint density at radius 2 is 1.76 bits per heavy atom. The molecule has 0 atom stereocenters. The lowest BCUT2D eigenvalue weighted by molar-refractivity contribution is 0.102. The number of carbonyl (C=O) groups is 1. The zero-order valence-corrected chi connectivity index (χ0v) is 19.1. The van der Waals surface area contributed by atoms with E-state index in [4.69, 9.17) is 0 Å². The number of hydrogen-bond donors (Lipinski definition) is 2. The van der Waals surface area contributed by atoms with Crippen LogP contribution < -0.4 is 10.9 Å². The molecular weight excluding hydrogens is 432 g/mol. The highest BCUT2D eigenvalue weighted by atomic mass is 32.1. The lowest BCUT2D eigenvalue weighted by atomic mass is 9.95. The molecule has 2 aromatic carbocycles. The van der Waals surface area contributed by atoms with Gasteiger partial charge in [-0.2, -0.15) is 0 Å². The van der Waals surface area contributed by atoms with Crippen LogP contribution in [0.3, 0.4) is 0 Å². The number of aromatic nitrogens is 2. The molecule has 2 aromatic heterocycles. The smallest absolute Gasteiger partial charge is 0.280 e. The molecule has 0 unspecified atom stereocenters. The van der Waals surface area contributed by atoms with Crippen molar-refractivity contribution in [1.29, 1.82) is 0 Å². The van der Waals surface area contributed by atoms with Crippen LogP contribution in [0.25, 0.3) is 5.69 Å². The van der Waals surface area contributed by atoms with Crippen molar-refractivity contribution in [2.45, 2.75) is 32.6 Å². The molecule has 0 radical (unpaired) electrons. The number of H-pyrrole nitrogens is 1. The third-order valence-electron chi connectivity index (χ3n) is 5.85. The van der Waals surface area contributed by atoms with E-state index in [1.807, 2.05) is 67.6 Å². The van der Waals surface area contributed by atoms with Crippen LogP contribution in [-0.2, 0) is 12.8 Å². The molecule has 0 fully saturated rings. The molecule has 0 spiro atoms. The molecule has 0 saturated carbocycles. The topological polar surface area (TPSA) is 79.2 Å². The zero-order valence-electron chi connectivity index (χ0n) is 18.3. The number of aromatic amines is 1. The van der Waals surface area contributed by atoms with Gasteiger partial charge in [0.1, 0.15) is 5.00 Å². The van der Waals surface area contributed by atoms with Gasteiger partial charge in [0.05, 0.1) is 16.8 Å². The van der Waals surface area contributed by atoms with Crippen molar-refractivity contribution in [2.75, 3.05) is 5.32 Å². The van der Waals surface area contributed by atoms with E-state index in [-0.39, 0.29) is 11.5 Å². The molecule has 166 valence electrons. The number of anilines is 1. The number of benzene rings is 2. The van der Waals surface area contributed by atoms with E-state index in [2.05, 4.69) is 15.4 Å². The number of carbonyl (C=O) groups excluding carboxylic acids is 1. The molecule has 5 rings (SSSR count). The van der Waals surface area contributed by atoms with Crippen LogP contribution in [-0.4, -0.2) is 21.9 Å². The maximum absolute atomic E-state index is 13.3. The quantitative estimate of drug-likeness (QED) is 0.394. The number of nitrogens with one attached hydrogen (secondary N) is 2. The molecule has 33 heavy (non-hydrogen) atoms. The van der Waals surface area contributed by atoms with E-state index in [1.54, 1.807) is 17.6 Å². The van der Waals surface area contributed by atoms with E-state index in [0.717, 1.165) is 48.3 Å². The predicted octanol–water partition coefficient (Wildman–Crippen LogP) is 5.42. The summed E-state index contributed by atoms with van der Waals surface area (Å²) in [6.07, 6.45) is 5.62. The Bertz CT molecular complexity index is 1380. The number of aryl methyl sites for hydroxylation is 2. The largest absolute Gasteiger partial charge is 0.322 e. The molecule has 1 aliphatic carbocycles. The van der Waals surface area contributed by atoms with Crippen molar-refractivity contribution >= 4 is 34.1 Å². The number of hydrogen-bond acceptors (Lipinski definition) is 4. The fourth-order valence-electron chi connectivity index (χ4n) is 4.19. The number of rotatable bonds is 5. The number of amides is 1. The molecule has 0 bridgehead atoms. The lowest BCUT2D eigenvalue weighted by Gasteiger charge is -2.12. The molecule has 2 N–H and O–H groups in total. The van der Waals surface area contributed by atoms with Gasteiger partial charge in [0.15, 0.2) is 0 Å². The van der Waals surface area contributed by atoms with E-state index in [9.17, 15) is 9.59 Å². The van der Waals surface area contributed by atoms with Crippen LogP contribution in [0, 0.1) is 6.92 Å². The second-order valence-electron chi connectivity index (χ2n) is 8.10. The van der Waals surface area contributed by atoms with Crippen LogP contribution in [0.15, 0.2) is 70.5 Å². The van der Waals surface area contributed by atoms with Gasteiger partial charge in [0.2, 0.25) is 0 Å².